The Morgan fingerprint density at radius 2 is 2.29 bits per heavy atom. The average Bonchev–Trinajstić information content (AvgIpc) is 2.89. The van der Waals surface area contributed by atoms with E-state index in [4.69, 9.17) is 9.84 Å². The number of hydrogen-bond acceptors (Lipinski definition) is 3. The second-order valence-electron chi connectivity index (χ2n) is 5.25. The highest BCUT2D eigenvalue weighted by Gasteiger charge is 2.11. The van der Waals surface area contributed by atoms with Crippen molar-refractivity contribution >= 4 is 18.0 Å². The Bertz CT molecular complexity index is 565. The fourth-order valence-corrected chi connectivity index (χ4v) is 2.19. The molecule has 0 aliphatic carbocycles. The fourth-order valence-electron chi connectivity index (χ4n) is 2.19. The number of ether oxygens (including phenoxy) is 1. The van der Waals surface area contributed by atoms with Gasteiger partial charge in [-0.05, 0) is 35.3 Å². The summed E-state index contributed by atoms with van der Waals surface area (Å²) in [7, 11) is 0. The SMILES string of the molecule is CC(CNC(=O)/C=C/c1ccc2c(c1)CCO2)CC(=O)O. The first-order chi connectivity index (χ1) is 10.0. The van der Waals surface area contributed by atoms with Crippen LogP contribution in [-0.4, -0.2) is 30.1 Å². The average molecular weight is 289 g/mol. The van der Waals surface area contributed by atoms with E-state index < -0.39 is 5.97 Å². The maximum atomic E-state index is 11.7. The number of nitrogens with one attached hydrogen (secondary N) is 1. The molecule has 0 fully saturated rings. The molecule has 2 rings (SSSR count). The number of carboxylic acid groups (broad SMARTS) is 1. The van der Waals surface area contributed by atoms with E-state index in [0.717, 1.165) is 23.3 Å². The molecule has 2 N–H and O–H groups in total. The van der Waals surface area contributed by atoms with Gasteiger partial charge in [0.15, 0.2) is 0 Å². The Kier molecular flexibility index (Phi) is 4.98. The van der Waals surface area contributed by atoms with Gasteiger partial charge in [0.1, 0.15) is 5.75 Å². The van der Waals surface area contributed by atoms with Crippen molar-refractivity contribution in [3.63, 3.8) is 0 Å². The first-order valence-corrected chi connectivity index (χ1v) is 6.98. The second-order valence-corrected chi connectivity index (χ2v) is 5.25. The molecule has 1 aliphatic rings. The van der Waals surface area contributed by atoms with Crippen molar-refractivity contribution in [3.8, 4) is 5.75 Å². The molecule has 5 nitrogen and oxygen atoms in total. The maximum absolute atomic E-state index is 11.7. The zero-order valence-electron chi connectivity index (χ0n) is 12.0. The number of carbonyl (C=O) groups is 2. The summed E-state index contributed by atoms with van der Waals surface area (Å²) in [4.78, 5) is 22.2. The van der Waals surface area contributed by atoms with Crippen LogP contribution >= 0.6 is 0 Å². The van der Waals surface area contributed by atoms with Gasteiger partial charge in [-0.15, -0.1) is 0 Å². The molecule has 1 amide bonds. The Labute approximate surface area is 123 Å². The lowest BCUT2D eigenvalue weighted by Gasteiger charge is -2.08. The van der Waals surface area contributed by atoms with Crippen LogP contribution in [-0.2, 0) is 16.0 Å². The van der Waals surface area contributed by atoms with Crippen LogP contribution in [0.2, 0.25) is 0 Å². The molecule has 0 saturated heterocycles. The topological polar surface area (TPSA) is 75.6 Å². The third-order valence-electron chi connectivity index (χ3n) is 3.29. The molecule has 1 aromatic rings. The maximum Gasteiger partial charge on any atom is 0.303 e. The van der Waals surface area contributed by atoms with Gasteiger partial charge in [0.25, 0.3) is 0 Å². The van der Waals surface area contributed by atoms with Gasteiger partial charge >= 0.3 is 5.97 Å². The zero-order valence-corrected chi connectivity index (χ0v) is 12.0. The molecule has 0 spiro atoms. The Morgan fingerprint density at radius 3 is 3.05 bits per heavy atom. The van der Waals surface area contributed by atoms with Crippen LogP contribution < -0.4 is 10.1 Å². The molecule has 112 valence electrons. The quantitative estimate of drug-likeness (QED) is 0.784. The lowest BCUT2D eigenvalue weighted by molar-refractivity contribution is -0.138. The van der Waals surface area contributed by atoms with E-state index in [2.05, 4.69) is 5.32 Å². The number of carbonyl (C=O) groups excluding carboxylic acids is 1. The summed E-state index contributed by atoms with van der Waals surface area (Å²) in [6.45, 7) is 2.86. The van der Waals surface area contributed by atoms with Crippen LogP contribution in [0.1, 0.15) is 24.5 Å². The molecule has 1 aliphatic heterocycles. The zero-order chi connectivity index (χ0) is 15.2. The molecule has 21 heavy (non-hydrogen) atoms. The van der Waals surface area contributed by atoms with Crippen molar-refractivity contribution in [2.75, 3.05) is 13.2 Å². The molecule has 0 saturated carbocycles. The van der Waals surface area contributed by atoms with Gasteiger partial charge in [-0.3, -0.25) is 9.59 Å². The van der Waals surface area contributed by atoms with E-state index >= 15 is 0 Å². The number of carboxylic acids is 1. The molecule has 1 atom stereocenters. The Hall–Kier alpha value is -2.30. The van der Waals surface area contributed by atoms with Crippen molar-refractivity contribution in [1.29, 1.82) is 0 Å². The lowest BCUT2D eigenvalue weighted by Crippen LogP contribution is -2.27. The van der Waals surface area contributed by atoms with Crippen LogP contribution in [0.25, 0.3) is 6.08 Å². The van der Waals surface area contributed by atoms with E-state index in [1.807, 2.05) is 18.2 Å². The molecule has 0 aromatic heterocycles. The number of fused-ring (bicyclic) bond motifs is 1. The Morgan fingerprint density at radius 1 is 1.48 bits per heavy atom. The number of benzene rings is 1. The van der Waals surface area contributed by atoms with E-state index in [1.165, 1.54) is 6.08 Å². The van der Waals surface area contributed by atoms with Crippen molar-refractivity contribution in [1.82, 2.24) is 5.32 Å². The normalized spacial score (nSPS) is 14.5. The largest absolute Gasteiger partial charge is 0.493 e. The smallest absolute Gasteiger partial charge is 0.303 e. The third-order valence-corrected chi connectivity index (χ3v) is 3.29. The highest BCUT2D eigenvalue weighted by molar-refractivity contribution is 5.91. The third kappa shape index (κ3) is 4.63. The number of hydrogen-bond donors (Lipinski definition) is 2. The molecular weight excluding hydrogens is 270 g/mol. The molecule has 1 unspecified atom stereocenters. The van der Waals surface area contributed by atoms with E-state index in [9.17, 15) is 9.59 Å². The summed E-state index contributed by atoms with van der Waals surface area (Å²) in [5.74, 6) is -0.243. The van der Waals surface area contributed by atoms with Gasteiger partial charge in [0.2, 0.25) is 5.91 Å². The summed E-state index contributed by atoms with van der Waals surface area (Å²) in [6.07, 6.45) is 4.16. The lowest BCUT2D eigenvalue weighted by atomic mass is 10.1. The van der Waals surface area contributed by atoms with Crippen molar-refractivity contribution in [2.45, 2.75) is 19.8 Å². The van der Waals surface area contributed by atoms with Crippen LogP contribution in [0.15, 0.2) is 24.3 Å². The molecule has 1 heterocycles. The molecule has 1 aromatic carbocycles. The summed E-state index contributed by atoms with van der Waals surface area (Å²) < 4.78 is 5.42. The van der Waals surface area contributed by atoms with Gasteiger partial charge in [0, 0.05) is 25.5 Å². The van der Waals surface area contributed by atoms with Crippen LogP contribution in [0, 0.1) is 5.92 Å². The number of aliphatic carboxylic acids is 1. The van der Waals surface area contributed by atoms with E-state index in [-0.39, 0.29) is 18.2 Å². The van der Waals surface area contributed by atoms with Crippen molar-refractivity contribution in [2.24, 2.45) is 5.92 Å². The molecular formula is C16H19NO4. The first-order valence-electron chi connectivity index (χ1n) is 6.98. The van der Waals surface area contributed by atoms with Crippen LogP contribution in [0.4, 0.5) is 0 Å². The monoisotopic (exact) mass is 289 g/mol. The first kappa shape index (κ1) is 15.1. The van der Waals surface area contributed by atoms with E-state index in [0.29, 0.717) is 13.2 Å². The predicted octanol–water partition coefficient (Wildman–Crippen LogP) is 1.86. The highest BCUT2D eigenvalue weighted by atomic mass is 16.5. The summed E-state index contributed by atoms with van der Waals surface area (Å²) >= 11 is 0. The van der Waals surface area contributed by atoms with Crippen molar-refractivity contribution < 1.29 is 19.4 Å². The van der Waals surface area contributed by atoms with Crippen molar-refractivity contribution in [3.05, 3.63) is 35.4 Å². The van der Waals surface area contributed by atoms with Gasteiger partial charge in [-0.2, -0.15) is 0 Å². The van der Waals surface area contributed by atoms with Crippen LogP contribution in [0.5, 0.6) is 5.75 Å². The molecule has 5 heteroatoms. The second kappa shape index (κ2) is 6.92. The van der Waals surface area contributed by atoms with E-state index in [1.54, 1.807) is 13.0 Å². The number of rotatable bonds is 6. The minimum atomic E-state index is -0.854. The number of amides is 1. The Balaban J connectivity index is 1.83. The highest BCUT2D eigenvalue weighted by Crippen LogP contribution is 2.26. The van der Waals surface area contributed by atoms with Crippen LogP contribution in [0.3, 0.4) is 0 Å². The predicted molar refractivity (Wildman–Crippen MR) is 79.1 cm³/mol. The standard InChI is InChI=1S/C16H19NO4/c1-11(8-16(19)20)10-17-15(18)5-3-12-2-4-14-13(9-12)6-7-21-14/h2-5,9,11H,6-8,10H2,1H3,(H,17,18)(H,19,20)/b5-3+. The minimum absolute atomic E-state index is 0.0504. The van der Waals surface area contributed by atoms with Gasteiger partial charge in [0.05, 0.1) is 6.61 Å². The summed E-state index contributed by atoms with van der Waals surface area (Å²) in [6, 6.07) is 5.83. The summed E-state index contributed by atoms with van der Waals surface area (Å²) in [5, 5.41) is 11.3. The van der Waals surface area contributed by atoms with Gasteiger partial charge < -0.3 is 15.2 Å². The fraction of sp³-hybridized carbons (Fsp3) is 0.375. The molecule has 0 bridgehead atoms. The molecule has 0 radical (unpaired) electrons. The summed E-state index contributed by atoms with van der Waals surface area (Å²) in [5.41, 5.74) is 2.11. The van der Waals surface area contributed by atoms with Gasteiger partial charge in [-0.1, -0.05) is 13.0 Å². The minimum Gasteiger partial charge on any atom is -0.493 e. The van der Waals surface area contributed by atoms with Gasteiger partial charge in [-0.25, -0.2) is 0 Å².